The van der Waals surface area contributed by atoms with E-state index in [4.69, 9.17) is 9.68 Å². The molecule has 1 aliphatic rings. The summed E-state index contributed by atoms with van der Waals surface area (Å²) in [5.74, 6) is 1.75. The molecule has 0 spiro atoms. The Morgan fingerprint density at radius 2 is 1.89 bits per heavy atom. The van der Waals surface area contributed by atoms with Crippen LogP contribution in [0.2, 0.25) is 0 Å². The molecule has 0 aliphatic carbocycles. The predicted octanol–water partition coefficient (Wildman–Crippen LogP) is 2.65. The predicted molar refractivity (Wildman–Crippen MR) is 103 cm³/mol. The zero-order chi connectivity index (χ0) is 19.3. The smallest absolute Gasteiger partial charge is 0.289 e. The number of furan rings is 1. The molecule has 0 saturated carbocycles. The van der Waals surface area contributed by atoms with Gasteiger partial charge in [0.1, 0.15) is 18.0 Å². The molecule has 0 radical (unpaired) electrons. The van der Waals surface area contributed by atoms with Crippen molar-refractivity contribution >= 4 is 23.2 Å². The van der Waals surface area contributed by atoms with Crippen molar-refractivity contribution in [1.29, 1.82) is 5.26 Å². The van der Waals surface area contributed by atoms with E-state index in [2.05, 4.69) is 26.3 Å². The van der Waals surface area contributed by atoms with Crippen molar-refractivity contribution < 1.29 is 9.21 Å². The number of nitrogens with one attached hydrogen (secondary N) is 1. The van der Waals surface area contributed by atoms with Gasteiger partial charge in [-0.25, -0.2) is 9.97 Å². The number of piperazine rings is 1. The van der Waals surface area contributed by atoms with Crippen LogP contribution in [-0.2, 0) is 0 Å². The highest BCUT2D eigenvalue weighted by molar-refractivity contribution is 5.91. The van der Waals surface area contributed by atoms with Crippen molar-refractivity contribution in [2.75, 3.05) is 36.4 Å². The van der Waals surface area contributed by atoms with Crippen LogP contribution >= 0.6 is 0 Å². The van der Waals surface area contributed by atoms with Crippen LogP contribution < -0.4 is 10.2 Å². The van der Waals surface area contributed by atoms with Gasteiger partial charge in [0.25, 0.3) is 5.91 Å². The summed E-state index contributed by atoms with van der Waals surface area (Å²) in [6, 6.07) is 14.5. The molecule has 28 heavy (non-hydrogen) atoms. The molecule has 1 aromatic carbocycles. The third-order valence-corrected chi connectivity index (χ3v) is 4.56. The van der Waals surface area contributed by atoms with Crippen LogP contribution in [-0.4, -0.2) is 47.0 Å². The van der Waals surface area contributed by atoms with E-state index in [0.717, 1.165) is 11.5 Å². The van der Waals surface area contributed by atoms with Crippen molar-refractivity contribution in [3.63, 3.8) is 0 Å². The summed E-state index contributed by atoms with van der Waals surface area (Å²) in [4.78, 5) is 24.9. The Morgan fingerprint density at radius 1 is 1.11 bits per heavy atom. The van der Waals surface area contributed by atoms with E-state index in [1.165, 1.54) is 12.6 Å². The van der Waals surface area contributed by atoms with Crippen molar-refractivity contribution in [2.45, 2.75) is 0 Å². The molecule has 3 heterocycles. The van der Waals surface area contributed by atoms with Gasteiger partial charge in [-0.1, -0.05) is 0 Å². The van der Waals surface area contributed by atoms with Crippen LogP contribution in [0.15, 0.2) is 59.5 Å². The molecule has 1 aliphatic heterocycles. The molecule has 4 rings (SSSR count). The minimum atomic E-state index is -0.0875. The lowest BCUT2D eigenvalue weighted by Crippen LogP contribution is -2.49. The van der Waals surface area contributed by atoms with Crippen molar-refractivity contribution in [2.24, 2.45) is 0 Å². The maximum Gasteiger partial charge on any atom is 0.289 e. The summed E-state index contributed by atoms with van der Waals surface area (Å²) in [6.07, 6.45) is 3.02. The molecule has 3 aromatic rings. The number of rotatable bonds is 4. The Labute approximate surface area is 162 Å². The summed E-state index contributed by atoms with van der Waals surface area (Å²) in [5, 5.41) is 12.1. The molecule has 1 amide bonds. The van der Waals surface area contributed by atoms with Crippen molar-refractivity contribution in [3.8, 4) is 6.07 Å². The molecule has 140 valence electrons. The number of hydrogen-bond donors (Lipinski definition) is 1. The second kappa shape index (κ2) is 7.80. The third-order valence-electron chi connectivity index (χ3n) is 4.56. The number of anilines is 3. The largest absolute Gasteiger partial charge is 0.459 e. The van der Waals surface area contributed by atoms with E-state index < -0.39 is 0 Å². The number of amides is 1. The van der Waals surface area contributed by atoms with Gasteiger partial charge >= 0.3 is 0 Å². The molecular weight excluding hydrogens is 356 g/mol. The number of benzene rings is 1. The number of carbonyl (C=O) groups is 1. The van der Waals surface area contributed by atoms with Crippen LogP contribution in [0.5, 0.6) is 0 Å². The first kappa shape index (κ1) is 17.5. The van der Waals surface area contributed by atoms with Gasteiger partial charge in [-0.2, -0.15) is 5.26 Å². The van der Waals surface area contributed by atoms with E-state index in [1.807, 2.05) is 18.2 Å². The van der Waals surface area contributed by atoms with E-state index in [1.54, 1.807) is 29.2 Å². The van der Waals surface area contributed by atoms with Gasteiger partial charge in [-0.05, 0) is 36.4 Å². The van der Waals surface area contributed by atoms with Crippen LogP contribution in [0.4, 0.5) is 17.3 Å². The molecule has 1 N–H and O–H groups in total. The maximum atomic E-state index is 12.4. The van der Waals surface area contributed by atoms with Crippen LogP contribution in [0.1, 0.15) is 16.1 Å². The lowest BCUT2D eigenvalue weighted by molar-refractivity contribution is 0.0714. The normalized spacial score (nSPS) is 13.8. The Hall–Kier alpha value is -3.86. The van der Waals surface area contributed by atoms with Gasteiger partial charge < -0.3 is 19.5 Å². The molecular formula is C20H18N6O2. The Kier molecular flexibility index (Phi) is 4.89. The van der Waals surface area contributed by atoms with Crippen LogP contribution in [0, 0.1) is 11.3 Å². The Balaban J connectivity index is 1.39. The molecule has 0 unspecified atom stereocenters. The minimum absolute atomic E-state index is 0.0875. The quantitative estimate of drug-likeness (QED) is 0.749. The Morgan fingerprint density at radius 3 is 2.57 bits per heavy atom. The van der Waals surface area contributed by atoms with Crippen molar-refractivity contribution in [1.82, 2.24) is 14.9 Å². The Bertz CT molecular complexity index is 986. The van der Waals surface area contributed by atoms with Gasteiger partial charge in [0, 0.05) is 37.9 Å². The van der Waals surface area contributed by atoms with E-state index in [9.17, 15) is 4.79 Å². The second-order valence-corrected chi connectivity index (χ2v) is 6.33. The fraction of sp³-hybridized carbons (Fsp3) is 0.200. The molecule has 0 atom stereocenters. The monoisotopic (exact) mass is 374 g/mol. The zero-order valence-corrected chi connectivity index (χ0v) is 15.1. The number of nitrogens with zero attached hydrogens (tertiary/aromatic N) is 5. The maximum absolute atomic E-state index is 12.4. The summed E-state index contributed by atoms with van der Waals surface area (Å²) >= 11 is 0. The second-order valence-electron chi connectivity index (χ2n) is 6.33. The highest BCUT2D eigenvalue weighted by Gasteiger charge is 2.24. The van der Waals surface area contributed by atoms with E-state index in [-0.39, 0.29) is 5.91 Å². The van der Waals surface area contributed by atoms with Crippen LogP contribution in [0.25, 0.3) is 0 Å². The van der Waals surface area contributed by atoms with Gasteiger partial charge in [-0.15, -0.1) is 0 Å². The SMILES string of the molecule is N#Cc1ccc(Nc2cc(N3CCN(C(=O)c4ccco4)CC3)ncn2)cc1. The number of carbonyl (C=O) groups excluding carboxylic acids is 1. The molecule has 1 fully saturated rings. The first-order chi connectivity index (χ1) is 13.7. The first-order valence-electron chi connectivity index (χ1n) is 8.90. The molecule has 8 heteroatoms. The first-order valence-corrected chi connectivity index (χ1v) is 8.90. The highest BCUT2D eigenvalue weighted by atomic mass is 16.3. The average molecular weight is 374 g/mol. The summed E-state index contributed by atoms with van der Waals surface area (Å²) in [7, 11) is 0. The average Bonchev–Trinajstić information content (AvgIpc) is 3.29. The lowest BCUT2D eigenvalue weighted by Gasteiger charge is -2.35. The molecule has 0 bridgehead atoms. The molecule has 2 aromatic heterocycles. The lowest BCUT2D eigenvalue weighted by atomic mass is 10.2. The third kappa shape index (κ3) is 3.78. The highest BCUT2D eigenvalue weighted by Crippen LogP contribution is 2.20. The van der Waals surface area contributed by atoms with Gasteiger partial charge in [0.15, 0.2) is 5.76 Å². The van der Waals surface area contributed by atoms with Gasteiger partial charge in [0.05, 0.1) is 17.9 Å². The fourth-order valence-corrected chi connectivity index (χ4v) is 3.06. The van der Waals surface area contributed by atoms with E-state index >= 15 is 0 Å². The summed E-state index contributed by atoms with van der Waals surface area (Å²) in [6.45, 7) is 2.56. The summed E-state index contributed by atoms with van der Waals surface area (Å²) < 4.78 is 5.20. The fourth-order valence-electron chi connectivity index (χ4n) is 3.06. The summed E-state index contributed by atoms with van der Waals surface area (Å²) in [5.41, 5.74) is 1.45. The standard InChI is InChI=1S/C20H18N6O2/c21-13-15-3-5-16(6-4-15)24-18-12-19(23-14-22-18)25-7-9-26(10-8-25)20(27)17-2-1-11-28-17/h1-6,11-12,14H,7-10H2,(H,22,23,24). The van der Waals surface area contributed by atoms with Crippen LogP contribution in [0.3, 0.4) is 0 Å². The zero-order valence-electron chi connectivity index (χ0n) is 15.1. The van der Waals surface area contributed by atoms with Gasteiger partial charge in [0.2, 0.25) is 0 Å². The molecule has 8 nitrogen and oxygen atoms in total. The van der Waals surface area contributed by atoms with E-state index in [0.29, 0.717) is 43.3 Å². The number of nitriles is 1. The number of aromatic nitrogens is 2. The minimum Gasteiger partial charge on any atom is -0.459 e. The number of hydrogen-bond acceptors (Lipinski definition) is 7. The van der Waals surface area contributed by atoms with Crippen molar-refractivity contribution in [3.05, 3.63) is 66.4 Å². The van der Waals surface area contributed by atoms with Gasteiger partial charge in [-0.3, -0.25) is 4.79 Å². The molecule has 1 saturated heterocycles. The topological polar surface area (TPSA) is 98.3 Å².